The van der Waals surface area contributed by atoms with Crippen LogP contribution in [0.3, 0.4) is 0 Å². The molecule has 2 aromatic rings. The van der Waals surface area contributed by atoms with Gasteiger partial charge in [0.25, 0.3) is 0 Å². The molecule has 4 heteroatoms. The summed E-state index contributed by atoms with van der Waals surface area (Å²) < 4.78 is 15.1. The summed E-state index contributed by atoms with van der Waals surface area (Å²) in [5, 5.41) is 0. The first kappa shape index (κ1) is 12.0. The maximum atomic E-state index is 13.1. The van der Waals surface area contributed by atoms with Gasteiger partial charge in [-0.15, -0.1) is 0 Å². The van der Waals surface area contributed by atoms with E-state index in [1.54, 1.807) is 6.07 Å². The van der Waals surface area contributed by atoms with Crippen molar-refractivity contribution in [2.75, 3.05) is 0 Å². The molecular weight excluding hydrogens is 217 g/mol. The van der Waals surface area contributed by atoms with Crippen LogP contribution in [0.4, 0.5) is 4.39 Å². The number of rotatable bonds is 1. The number of hydrogen-bond donors (Lipinski definition) is 1. The van der Waals surface area contributed by atoms with Crippen molar-refractivity contribution in [2.45, 2.75) is 26.8 Å². The Labute approximate surface area is 100 Å². The van der Waals surface area contributed by atoms with Crippen molar-refractivity contribution in [1.29, 1.82) is 0 Å². The van der Waals surface area contributed by atoms with Crippen LogP contribution in [0, 0.1) is 11.2 Å². The number of aryl methyl sites for hydroxylation is 1. The van der Waals surface area contributed by atoms with Gasteiger partial charge in [0.05, 0.1) is 17.1 Å². The monoisotopic (exact) mass is 235 g/mol. The predicted octanol–water partition coefficient (Wildman–Crippen LogP) is 2.76. The fraction of sp³-hybridized carbons (Fsp3) is 0.462. The van der Waals surface area contributed by atoms with Crippen molar-refractivity contribution in [3.63, 3.8) is 0 Å². The van der Waals surface area contributed by atoms with E-state index in [0.29, 0.717) is 5.52 Å². The minimum absolute atomic E-state index is 0.0757. The van der Waals surface area contributed by atoms with Crippen LogP contribution in [0.5, 0.6) is 0 Å². The number of halogens is 1. The largest absolute Gasteiger partial charge is 0.330 e. The minimum Gasteiger partial charge on any atom is -0.330 e. The van der Waals surface area contributed by atoms with E-state index < -0.39 is 0 Å². The van der Waals surface area contributed by atoms with Gasteiger partial charge in [0, 0.05) is 13.1 Å². The molecule has 0 aliphatic rings. The molecule has 0 aliphatic heterocycles. The first-order valence-corrected chi connectivity index (χ1v) is 5.68. The lowest BCUT2D eigenvalue weighted by Crippen LogP contribution is -2.28. The zero-order chi connectivity index (χ0) is 12.8. The van der Waals surface area contributed by atoms with E-state index in [2.05, 4.69) is 25.8 Å². The van der Waals surface area contributed by atoms with Gasteiger partial charge in [-0.25, -0.2) is 9.37 Å². The molecule has 92 valence electrons. The van der Waals surface area contributed by atoms with Crippen LogP contribution in [-0.4, -0.2) is 9.55 Å². The van der Waals surface area contributed by atoms with Gasteiger partial charge in [-0.05, 0) is 17.5 Å². The maximum absolute atomic E-state index is 13.1. The Morgan fingerprint density at radius 1 is 1.35 bits per heavy atom. The molecule has 1 atom stereocenters. The van der Waals surface area contributed by atoms with Crippen LogP contribution in [0.15, 0.2) is 18.2 Å². The van der Waals surface area contributed by atoms with Crippen molar-refractivity contribution >= 4 is 11.0 Å². The van der Waals surface area contributed by atoms with Crippen LogP contribution < -0.4 is 5.73 Å². The lowest BCUT2D eigenvalue weighted by Gasteiger charge is -2.26. The summed E-state index contributed by atoms with van der Waals surface area (Å²) in [6.07, 6.45) is 0. The molecule has 0 amide bonds. The van der Waals surface area contributed by atoms with Crippen molar-refractivity contribution < 1.29 is 4.39 Å². The lowest BCUT2D eigenvalue weighted by molar-refractivity contribution is 0.311. The van der Waals surface area contributed by atoms with Crippen molar-refractivity contribution in [3.8, 4) is 0 Å². The third-order valence-electron chi connectivity index (χ3n) is 3.09. The first-order valence-electron chi connectivity index (χ1n) is 5.68. The molecule has 0 aliphatic carbocycles. The Kier molecular flexibility index (Phi) is 2.70. The second-order valence-corrected chi connectivity index (χ2v) is 5.51. The summed E-state index contributed by atoms with van der Waals surface area (Å²) in [5.74, 6) is 0.518. The predicted molar refractivity (Wildman–Crippen MR) is 67.1 cm³/mol. The van der Waals surface area contributed by atoms with E-state index in [1.165, 1.54) is 12.1 Å². The zero-order valence-corrected chi connectivity index (χ0v) is 10.7. The number of imidazole rings is 1. The van der Waals surface area contributed by atoms with Crippen molar-refractivity contribution in [1.82, 2.24) is 9.55 Å². The lowest BCUT2D eigenvalue weighted by atomic mass is 9.87. The smallest absolute Gasteiger partial charge is 0.127 e. The van der Waals surface area contributed by atoms with E-state index in [9.17, 15) is 4.39 Å². The van der Waals surface area contributed by atoms with Crippen LogP contribution in [0.2, 0.25) is 0 Å². The molecule has 0 radical (unpaired) electrons. The number of nitrogens with zero attached hydrogens (tertiary/aromatic N) is 2. The average molecular weight is 235 g/mol. The number of benzene rings is 1. The molecule has 1 aromatic carbocycles. The zero-order valence-electron chi connectivity index (χ0n) is 10.7. The van der Waals surface area contributed by atoms with E-state index in [0.717, 1.165) is 11.3 Å². The molecule has 3 nitrogen and oxygen atoms in total. The standard InChI is InChI=1S/C13H18FN3/c1-13(2,3)11(15)12-16-9-7-8(14)5-6-10(9)17(12)4/h5-7,11H,15H2,1-4H3. The second-order valence-electron chi connectivity index (χ2n) is 5.51. The van der Waals surface area contributed by atoms with Gasteiger partial charge < -0.3 is 10.3 Å². The normalized spacial score (nSPS) is 14.2. The van der Waals surface area contributed by atoms with Gasteiger partial charge in [-0.1, -0.05) is 20.8 Å². The number of fused-ring (bicyclic) bond motifs is 1. The van der Waals surface area contributed by atoms with Crippen molar-refractivity contribution in [3.05, 3.63) is 29.8 Å². The van der Waals surface area contributed by atoms with Gasteiger partial charge in [-0.2, -0.15) is 0 Å². The van der Waals surface area contributed by atoms with E-state index in [4.69, 9.17) is 5.73 Å². The Hall–Kier alpha value is -1.42. The van der Waals surface area contributed by atoms with Gasteiger partial charge >= 0.3 is 0 Å². The molecule has 1 aromatic heterocycles. The fourth-order valence-electron chi connectivity index (χ4n) is 1.86. The third kappa shape index (κ3) is 2.05. The summed E-state index contributed by atoms with van der Waals surface area (Å²) in [7, 11) is 1.91. The molecule has 0 spiro atoms. The quantitative estimate of drug-likeness (QED) is 0.826. The van der Waals surface area contributed by atoms with E-state index in [1.807, 2.05) is 11.6 Å². The van der Waals surface area contributed by atoms with E-state index in [-0.39, 0.29) is 17.3 Å². The molecule has 0 saturated heterocycles. The Morgan fingerprint density at radius 3 is 2.59 bits per heavy atom. The highest BCUT2D eigenvalue weighted by molar-refractivity contribution is 5.76. The van der Waals surface area contributed by atoms with Gasteiger partial charge in [0.15, 0.2) is 0 Å². The van der Waals surface area contributed by atoms with Crippen LogP contribution in [0.1, 0.15) is 32.6 Å². The van der Waals surface area contributed by atoms with Gasteiger partial charge in [-0.3, -0.25) is 0 Å². The van der Waals surface area contributed by atoms with Crippen LogP contribution >= 0.6 is 0 Å². The highest BCUT2D eigenvalue weighted by Crippen LogP contribution is 2.31. The Morgan fingerprint density at radius 2 is 2.00 bits per heavy atom. The minimum atomic E-state index is -0.272. The second kappa shape index (κ2) is 3.81. The first-order chi connectivity index (χ1) is 7.80. The summed E-state index contributed by atoms with van der Waals surface area (Å²) in [5.41, 5.74) is 7.68. The molecule has 0 fully saturated rings. The summed E-state index contributed by atoms with van der Waals surface area (Å²) in [6, 6.07) is 4.43. The topological polar surface area (TPSA) is 43.8 Å². The SMILES string of the molecule is Cn1c(C(N)C(C)(C)C)nc2cc(F)ccc21. The summed E-state index contributed by atoms with van der Waals surface area (Å²) >= 11 is 0. The molecule has 0 bridgehead atoms. The molecule has 1 unspecified atom stereocenters. The Bertz CT molecular complexity index is 552. The number of nitrogens with two attached hydrogens (primary N) is 1. The molecule has 2 N–H and O–H groups in total. The number of hydrogen-bond acceptors (Lipinski definition) is 2. The van der Waals surface area contributed by atoms with Gasteiger partial charge in [0.1, 0.15) is 11.6 Å². The van der Waals surface area contributed by atoms with Crippen LogP contribution in [-0.2, 0) is 7.05 Å². The van der Waals surface area contributed by atoms with Crippen molar-refractivity contribution in [2.24, 2.45) is 18.2 Å². The van der Waals surface area contributed by atoms with Crippen LogP contribution in [0.25, 0.3) is 11.0 Å². The van der Waals surface area contributed by atoms with E-state index >= 15 is 0 Å². The highest BCUT2D eigenvalue weighted by atomic mass is 19.1. The number of aromatic nitrogens is 2. The highest BCUT2D eigenvalue weighted by Gasteiger charge is 2.26. The van der Waals surface area contributed by atoms with Gasteiger partial charge in [0.2, 0.25) is 0 Å². The summed E-state index contributed by atoms with van der Waals surface area (Å²) in [6.45, 7) is 6.20. The average Bonchev–Trinajstić information content (AvgIpc) is 2.53. The third-order valence-corrected chi connectivity index (χ3v) is 3.09. The molecule has 0 saturated carbocycles. The molecule has 17 heavy (non-hydrogen) atoms. The Balaban J connectivity index is 2.60. The molecule has 2 rings (SSSR count). The molecular formula is C13H18FN3. The maximum Gasteiger partial charge on any atom is 0.127 e. The molecule has 1 heterocycles. The fourth-order valence-corrected chi connectivity index (χ4v) is 1.86. The summed E-state index contributed by atoms with van der Waals surface area (Å²) in [4.78, 5) is 4.44.